The molecule has 0 spiro atoms. The van der Waals surface area contributed by atoms with Gasteiger partial charge in [-0.05, 0) is 0 Å². The first-order valence-electron chi connectivity index (χ1n) is 4.25. The third-order valence-corrected chi connectivity index (χ3v) is 2.77. The van der Waals surface area contributed by atoms with Crippen molar-refractivity contribution < 1.29 is 34.6 Å². The lowest BCUT2D eigenvalue weighted by molar-refractivity contribution is 0.347. The van der Waals surface area contributed by atoms with Crippen LogP contribution in [0.5, 0.6) is 5.75 Å². The zero-order valence-corrected chi connectivity index (χ0v) is 9.33. The molecule has 0 aliphatic heterocycles. The summed E-state index contributed by atoms with van der Waals surface area (Å²) in [6, 6.07) is 0. The predicted molar refractivity (Wildman–Crippen MR) is 50.8 cm³/mol. The Balaban J connectivity index is 3.39. The zero-order valence-electron chi connectivity index (χ0n) is 8.51. The number of hydrogen-bond acceptors (Lipinski definition) is 3. The molecule has 1 aromatic rings. The molecule has 0 atom stereocenters. The SMILES string of the molecule is C=CCS(=O)(=O)Oc1c(F)c(F)c(F)c(F)c1F. The Kier molecular flexibility index (Phi) is 3.95. The molecule has 0 fully saturated rings. The number of halogens is 5. The highest BCUT2D eigenvalue weighted by molar-refractivity contribution is 7.87. The Hall–Kier alpha value is -1.64. The fourth-order valence-corrected chi connectivity index (χ4v) is 1.72. The third-order valence-electron chi connectivity index (χ3n) is 1.70. The first-order valence-corrected chi connectivity index (χ1v) is 5.83. The molecule has 100 valence electrons. The van der Waals surface area contributed by atoms with E-state index in [1.807, 2.05) is 0 Å². The van der Waals surface area contributed by atoms with E-state index < -0.39 is 50.7 Å². The number of benzene rings is 1. The number of hydrogen-bond donors (Lipinski definition) is 0. The highest BCUT2D eigenvalue weighted by Gasteiger charge is 2.29. The van der Waals surface area contributed by atoms with Crippen molar-refractivity contribution in [3.05, 3.63) is 41.7 Å². The Morgan fingerprint density at radius 3 is 1.72 bits per heavy atom. The lowest BCUT2D eigenvalue weighted by Gasteiger charge is -2.09. The maximum Gasteiger partial charge on any atom is 0.312 e. The van der Waals surface area contributed by atoms with Crippen molar-refractivity contribution in [2.24, 2.45) is 0 Å². The van der Waals surface area contributed by atoms with Crippen molar-refractivity contribution in [3.63, 3.8) is 0 Å². The average Bonchev–Trinajstić information content (AvgIpc) is 2.30. The van der Waals surface area contributed by atoms with E-state index >= 15 is 0 Å². The van der Waals surface area contributed by atoms with Crippen LogP contribution in [0.2, 0.25) is 0 Å². The fourth-order valence-electron chi connectivity index (χ4n) is 0.963. The Bertz CT molecular complexity index is 568. The van der Waals surface area contributed by atoms with Gasteiger partial charge < -0.3 is 4.18 Å². The van der Waals surface area contributed by atoms with Crippen molar-refractivity contribution in [1.29, 1.82) is 0 Å². The molecule has 0 saturated heterocycles. The van der Waals surface area contributed by atoms with Gasteiger partial charge >= 0.3 is 10.1 Å². The van der Waals surface area contributed by atoms with E-state index in [9.17, 15) is 30.4 Å². The summed E-state index contributed by atoms with van der Waals surface area (Å²) in [5, 5.41) is 0. The molecule has 0 radical (unpaired) electrons. The van der Waals surface area contributed by atoms with Crippen LogP contribution < -0.4 is 4.18 Å². The average molecular weight is 288 g/mol. The van der Waals surface area contributed by atoms with Gasteiger partial charge in [-0.25, -0.2) is 13.2 Å². The summed E-state index contributed by atoms with van der Waals surface area (Å²) in [7, 11) is -4.53. The standard InChI is InChI=1S/C9H5F5O3S/c1-2-3-18(15,16)17-9-7(13)5(11)4(10)6(12)8(9)14/h2H,1,3H2. The van der Waals surface area contributed by atoms with E-state index in [0.717, 1.165) is 6.08 Å². The van der Waals surface area contributed by atoms with Crippen molar-refractivity contribution in [3.8, 4) is 5.75 Å². The lowest BCUT2D eigenvalue weighted by atomic mass is 10.3. The van der Waals surface area contributed by atoms with Gasteiger partial charge in [-0.15, -0.1) is 6.58 Å². The maximum atomic E-state index is 13.0. The Labute approximate surface area is 98.6 Å². The van der Waals surface area contributed by atoms with E-state index in [1.54, 1.807) is 0 Å². The van der Waals surface area contributed by atoms with Gasteiger partial charge in [0.25, 0.3) is 0 Å². The van der Waals surface area contributed by atoms with Crippen molar-refractivity contribution >= 4 is 10.1 Å². The molecule has 18 heavy (non-hydrogen) atoms. The molecule has 1 rings (SSSR count). The van der Waals surface area contributed by atoms with Gasteiger partial charge in [0, 0.05) is 0 Å². The fraction of sp³-hybridized carbons (Fsp3) is 0.111. The van der Waals surface area contributed by atoms with Gasteiger partial charge in [0.15, 0.2) is 0 Å². The molecule has 0 bridgehead atoms. The summed E-state index contributed by atoms with van der Waals surface area (Å²) >= 11 is 0. The monoisotopic (exact) mass is 288 g/mol. The molecule has 0 N–H and O–H groups in total. The van der Waals surface area contributed by atoms with Crippen LogP contribution in [0.1, 0.15) is 0 Å². The molecule has 1 aromatic carbocycles. The lowest BCUT2D eigenvalue weighted by Crippen LogP contribution is -2.16. The highest BCUT2D eigenvalue weighted by Crippen LogP contribution is 2.30. The predicted octanol–water partition coefficient (Wildman–Crippen LogP) is 2.28. The van der Waals surface area contributed by atoms with Crippen LogP contribution >= 0.6 is 0 Å². The van der Waals surface area contributed by atoms with Gasteiger partial charge in [-0.1, -0.05) is 6.08 Å². The van der Waals surface area contributed by atoms with Gasteiger partial charge in [-0.2, -0.15) is 17.2 Å². The molecule has 0 heterocycles. The normalized spacial score (nSPS) is 11.4. The van der Waals surface area contributed by atoms with Crippen molar-refractivity contribution in [2.45, 2.75) is 0 Å². The molecular formula is C9H5F5O3S. The second kappa shape index (κ2) is 4.92. The molecule has 0 saturated carbocycles. The molecule has 0 unspecified atom stereocenters. The first-order chi connectivity index (χ1) is 8.21. The molecule has 0 aromatic heterocycles. The number of rotatable bonds is 4. The molecule has 0 aliphatic carbocycles. The minimum Gasteiger partial charge on any atom is -0.376 e. The maximum absolute atomic E-state index is 13.0. The molecule has 0 amide bonds. The van der Waals surface area contributed by atoms with E-state index in [2.05, 4.69) is 10.8 Å². The van der Waals surface area contributed by atoms with Crippen LogP contribution in [0.4, 0.5) is 22.0 Å². The van der Waals surface area contributed by atoms with Crippen LogP contribution in [-0.2, 0) is 10.1 Å². The second-order valence-corrected chi connectivity index (χ2v) is 4.61. The van der Waals surface area contributed by atoms with Crippen LogP contribution in [0, 0.1) is 29.1 Å². The Morgan fingerprint density at radius 2 is 1.33 bits per heavy atom. The second-order valence-electron chi connectivity index (χ2n) is 3.00. The summed E-state index contributed by atoms with van der Waals surface area (Å²) in [6.07, 6.45) is 0.821. The van der Waals surface area contributed by atoms with E-state index in [-0.39, 0.29) is 0 Å². The zero-order chi connectivity index (χ0) is 14.1. The summed E-state index contributed by atoms with van der Waals surface area (Å²) < 4.78 is 90.0. The smallest absolute Gasteiger partial charge is 0.312 e. The van der Waals surface area contributed by atoms with Gasteiger partial charge in [0.05, 0.1) is 0 Å². The minimum absolute atomic E-state index is 0.821. The van der Waals surface area contributed by atoms with Gasteiger partial charge in [0.2, 0.25) is 34.8 Å². The highest BCUT2D eigenvalue weighted by atomic mass is 32.2. The summed E-state index contributed by atoms with van der Waals surface area (Å²) in [5.74, 6) is -14.4. The van der Waals surface area contributed by atoms with Crippen LogP contribution in [0.3, 0.4) is 0 Å². The minimum atomic E-state index is -4.53. The first kappa shape index (κ1) is 14.4. The van der Waals surface area contributed by atoms with Crippen LogP contribution in [-0.4, -0.2) is 14.2 Å². The largest absolute Gasteiger partial charge is 0.376 e. The molecule has 0 aliphatic rings. The molecule has 9 heteroatoms. The summed E-state index contributed by atoms with van der Waals surface area (Å²) in [4.78, 5) is 0. The summed E-state index contributed by atoms with van der Waals surface area (Å²) in [6.45, 7) is 3.03. The molecule has 3 nitrogen and oxygen atoms in total. The van der Waals surface area contributed by atoms with E-state index in [0.29, 0.717) is 0 Å². The van der Waals surface area contributed by atoms with Gasteiger partial charge in [-0.3, -0.25) is 0 Å². The molecular weight excluding hydrogens is 283 g/mol. The van der Waals surface area contributed by atoms with Crippen molar-refractivity contribution in [2.75, 3.05) is 5.75 Å². The topological polar surface area (TPSA) is 43.4 Å². The van der Waals surface area contributed by atoms with Crippen molar-refractivity contribution in [1.82, 2.24) is 0 Å². The quantitative estimate of drug-likeness (QED) is 0.281. The van der Waals surface area contributed by atoms with E-state index in [4.69, 9.17) is 0 Å². The Morgan fingerprint density at radius 1 is 0.944 bits per heavy atom. The summed E-state index contributed by atoms with van der Waals surface area (Å²) in [5.41, 5.74) is 0. The van der Waals surface area contributed by atoms with E-state index in [1.165, 1.54) is 0 Å². The third kappa shape index (κ3) is 2.61. The van der Waals surface area contributed by atoms with Gasteiger partial charge in [0.1, 0.15) is 5.75 Å². The van der Waals surface area contributed by atoms with Crippen LogP contribution in [0.15, 0.2) is 12.7 Å². The van der Waals surface area contributed by atoms with Crippen LogP contribution in [0.25, 0.3) is 0 Å².